The number of piperidine rings is 3. The summed E-state index contributed by atoms with van der Waals surface area (Å²) in [5, 5.41) is 1.06. The zero-order valence-electron chi connectivity index (χ0n) is 21.8. The third-order valence-electron chi connectivity index (χ3n) is 8.21. The van der Waals surface area contributed by atoms with E-state index in [9.17, 15) is 4.79 Å². The Kier molecular flexibility index (Phi) is 7.25. The van der Waals surface area contributed by atoms with Crippen LogP contribution >= 0.6 is 0 Å². The minimum Gasteiger partial charge on any atom is -0.455 e. The SMILES string of the molecule is C=C[C@H]1CN2CC[C@H]1C[C@H]2[C@H](OC(=O)[C@H](C)c1ccc(CC(C)C)cc1)c1ccnc2ccccc12. The lowest BCUT2D eigenvalue weighted by Gasteiger charge is -2.51. The van der Waals surface area contributed by atoms with Gasteiger partial charge in [-0.3, -0.25) is 14.7 Å². The van der Waals surface area contributed by atoms with Gasteiger partial charge in [0, 0.05) is 23.7 Å². The van der Waals surface area contributed by atoms with Gasteiger partial charge in [0.25, 0.3) is 0 Å². The molecule has 1 unspecified atom stereocenters. The molecule has 1 aromatic heterocycles. The molecular formula is C32H38N2O2. The molecule has 0 aliphatic carbocycles. The van der Waals surface area contributed by atoms with E-state index >= 15 is 0 Å². The highest BCUT2D eigenvalue weighted by Crippen LogP contribution is 2.43. The molecule has 188 valence electrons. The summed E-state index contributed by atoms with van der Waals surface area (Å²) in [6, 6.07) is 18.8. The number of carbonyl (C=O) groups excluding carboxylic acids is 1. The zero-order chi connectivity index (χ0) is 25.2. The van der Waals surface area contributed by atoms with Gasteiger partial charge in [0.2, 0.25) is 0 Å². The van der Waals surface area contributed by atoms with Gasteiger partial charge in [-0.05, 0) is 73.7 Å². The number of rotatable bonds is 8. The minimum absolute atomic E-state index is 0.162. The van der Waals surface area contributed by atoms with Crippen molar-refractivity contribution in [3.8, 4) is 0 Å². The predicted molar refractivity (Wildman–Crippen MR) is 146 cm³/mol. The number of carbonyl (C=O) groups is 1. The third-order valence-corrected chi connectivity index (χ3v) is 8.21. The van der Waals surface area contributed by atoms with Crippen molar-refractivity contribution in [1.29, 1.82) is 0 Å². The normalized spacial score (nSPS) is 25.0. The topological polar surface area (TPSA) is 42.4 Å². The van der Waals surface area contributed by atoms with Crippen molar-refractivity contribution < 1.29 is 9.53 Å². The summed E-state index contributed by atoms with van der Waals surface area (Å²) in [5.74, 6) is 1.23. The lowest BCUT2D eigenvalue weighted by molar-refractivity contribution is -0.158. The van der Waals surface area contributed by atoms with Gasteiger partial charge in [-0.25, -0.2) is 0 Å². The zero-order valence-corrected chi connectivity index (χ0v) is 21.8. The Balaban J connectivity index is 1.44. The number of nitrogens with zero attached hydrogens (tertiary/aromatic N) is 2. The second kappa shape index (κ2) is 10.6. The molecule has 3 aliphatic rings. The maximum Gasteiger partial charge on any atom is 0.313 e. The van der Waals surface area contributed by atoms with Gasteiger partial charge in [-0.15, -0.1) is 6.58 Å². The first kappa shape index (κ1) is 24.7. The number of benzene rings is 2. The summed E-state index contributed by atoms with van der Waals surface area (Å²) in [5.41, 5.74) is 4.30. The van der Waals surface area contributed by atoms with Crippen LogP contribution in [-0.2, 0) is 16.0 Å². The highest BCUT2D eigenvalue weighted by Gasteiger charge is 2.44. The van der Waals surface area contributed by atoms with Crippen LogP contribution in [0.5, 0.6) is 0 Å². The van der Waals surface area contributed by atoms with Crippen LogP contribution in [0.15, 0.2) is 73.4 Å². The largest absolute Gasteiger partial charge is 0.455 e. The molecule has 0 amide bonds. The minimum atomic E-state index is -0.332. The second-order valence-corrected chi connectivity index (χ2v) is 11.1. The van der Waals surface area contributed by atoms with Crippen LogP contribution < -0.4 is 0 Å². The van der Waals surface area contributed by atoms with Crippen LogP contribution in [0.1, 0.15) is 62.3 Å². The van der Waals surface area contributed by atoms with Crippen LogP contribution in [0.4, 0.5) is 0 Å². The second-order valence-electron chi connectivity index (χ2n) is 11.1. The molecule has 6 rings (SSSR count). The van der Waals surface area contributed by atoms with Gasteiger partial charge < -0.3 is 4.74 Å². The molecule has 4 nitrogen and oxygen atoms in total. The molecule has 3 aliphatic heterocycles. The van der Waals surface area contributed by atoms with Gasteiger partial charge in [-0.1, -0.05) is 62.4 Å². The maximum absolute atomic E-state index is 13.6. The number of para-hydroxylation sites is 1. The molecule has 3 aromatic rings. The standard InChI is InChI=1S/C32H38N2O2/c1-5-24-20-34-17-15-26(24)19-30(34)31(28-14-16-33-29-9-7-6-8-27(28)29)36-32(35)22(4)25-12-10-23(11-13-25)18-21(2)3/h5-14,16,21-22,24,26,30-31H,1,15,17-20H2,2-4H3/t22-,24+,26+,30+,31-/m1/s1. The van der Waals surface area contributed by atoms with Gasteiger partial charge in [0.1, 0.15) is 6.10 Å². The summed E-state index contributed by atoms with van der Waals surface area (Å²) in [6.45, 7) is 12.5. The molecule has 36 heavy (non-hydrogen) atoms. The first-order chi connectivity index (χ1) is 17.4. The Morgan fingerprint density at radius 2 is 1.92 bits per heavy atom. The number of aromatic nitrogens is 1. The van der Waals surface area contributed by atoms with Crippen molar-refractivity contribution >= 4 is 16.9 Å². The summed E-state index contributed by atoms with van der Waals surface area (Å²) in [7, 11) is 0. The van der Waals surface area contributed by atoms with Gasteiger partial charge in [0.15, 0.2) is 0 Å². The van der Waals surface area contributed by atoms with E-state index in [1.54, 1.807) is 0 Å². The number of fused-ring (bicyclic) bond motifs is 4. The number of pyridine rings is 1. The van der Waals surface area contributed by atoms with Crippen LogP contribution in [0.2, 0.25) is 0 Å². The third kappa shape index (κ3) is 4.97. The Morgan fingerprint density at radius 3 is 2.61 bits per heavy atom. The van der Waals surface area contributed by atoms with Crippen LogP contribution in [-0.4, -0.2) is 35.0 Å². The molecule has 4 heterocycles. The van der Waals surface area contributed by atoms with Crippen LogP contribution in [0.3, 0.4) is 0 Å². The van der Waals surface area contributed by atoms with Crippen molar-refractivity contribution in [3.05, 3.63) is 90.1 Å². The van der Waals surface area contributed by atoms with Gasteiger partial charge in [0.05, 0.1) is 17.5 Å². The number of hydrogen-bond donors (Lipinski definition) is 0. The Morgan fingerprint density at radius 1 is 1.14 bits per heavy atom. The molecule has 6 atom stereocenters. The first-order valence-corrected chi connectivity index (χ1v) is 13.4. The number of esters is 1. The molecule has 0 saturated carbocycles. The van der Waals surface area contributed by atoms with E-state index in [4.69, 9.17) is 4.74 Å². The smallest absolute Gasteiger partial charge is 0.313 e. The van der Waals surface area contributed by atoms with E-state index in [2.05, 4.69) is 66.7 Å². The van der Waals surface area contributed by atoms with Crippen molar-refractivity contribution in [2.75, 3.05) is 13.1 Å². The van der Waals surface area contributed by atoms with E-state index < -0.39 is 0 Å². The lowest BCUT2D eigenvalue weighted by Crippen LogP contribution is -2.55. The molecule has 0 radical (unpaired) electrons. The molecule has 3 fully saturated rings. The van der Waals surface area contributed by atoms with Crippen molar-refractivity contribution in [3.63, 3.8) is 0 Å². The van der Waals surface area contributed by atoms with E-state index in [1.807, 2.05) is 37.4 Å². The Hall–Kier alpha value is -2.98. The molecule has 0 N–H and O–H groups in total. The fourth-order valence-corrected chi connectivity index (χ4v) is 6.18. The highest BCUT2D eigenvalue weighted by molar-refractivity contribution is 5.83. The van der Waals surface area contributed by atoms with E-state index in [1.165, 1.54) is 12.0 Å². The first-order valence-electron chi connectivity index (χ1n) is 13.4. The Bertz CT molecular complexity index is 1210. The van der Waals surface area contributed by atoms with E-state index in [-0.39, 0.29) is 24.0 Å². The molecule has 2 bridgehead atoms. The van der Waals surface area contributed by atoms with Crippen molar-refractivity contribution in [2.45, 2.75) is 58.1 Å². The highest BCUT2D eigenvalue weighted by atomic mass is 16.5. The van der Waals surface area contributed by atoms with Gasteiger partial charge in [-0.2, -0.15) is 0 Å². The van der Waals surface area contributed by atoms with Crippen LogP contribution in [0, 0.1) is 17.8 Å². The lowest BCUT2D eigenvalue weighted by atomic mass is 9.73. The Labute approximate surface area is 215 Å². The summed E-state index contributed by atoms with van der Waals surface area (Å²) >= 11 is 0. The predicted octanol–water partition coefficient (Wildman–Crippen LogP) is 6.72. The summed E-state index contributed by atoms with van der Waals surface area (Å²) in [6.07, 6.45) is 6.87. The molecule has 2 aromatic carbocycles. The van der Waals surface area contributed by atoms with Gasteiger partial charge >= 0.3 is 5.97 Å². The molecular weight excluding hydrogens is 444 g/mol. The quantitative estimate of drug-likeness (QED) is 0.264. The molecule has 3 saturated heterocycles. The van der Waals surface area contributed by atoms with Crippen molar-refractivity contribution in [2.24, 2.45) is 17.8 Å². The number of hydrogen-bond acceptors (Lipinski definition) is 4. The average Bonchev–Trinajstić information content (AvgIpc) is 2.91. The summed E-state index contributed by atoms with van der Waals surface area (Å²) in [4.78, 5) is 20.7. The fourth-order valence-electron chi connectivity index (χ4n) is 6.18. The average molecular weight is 483 g/mol. The monoisotopic (exact) mass is 482 g/mol. The van der Waals surface area contributed by atoms with E-state index in [0.717, 1.165) is 48.0 Å². The number of ether oxygens (including phenoxy) is 1. The van der Waals surface area contributed by atoms with E-state index in [0.29, 0.717) is 17.8 Å². The van der Waals surface area contributed by atoms with Crippen molar-refractivity contribution in [1.82, 2.24) is 9.88 Å². The fraction of sp³-hybridized carbons (Fsp3) is 0.438. The van der Waals surface area contributed by atoms with Crippen LogP contribution in [0.25, 0.3) is 10.9 Å². The molecule has 4 heteroatoms. The summed E-state index contributed by atoms with van der Waals surface area (Å²) < 4.78 is 6.48. The maximum atomic E-state index is 13.6. The molecule has 0 spiro atoms.